The van der Waals surface area contributed by atoms with Crippen LogP contribution in [0.1, 0.15) is 18.2 Å². The van der Waals surface area contributed by atoms with Crippen LogP contribution < -0.4 is 4.74 Å². The van der Waals surface area contributed by atoms with Crippen molar-refractivity contribution in [3.63, 3.8) is 0 Å². The van der Waals surface area contributed by atoms with Crippen molar-refractivity contribution >= 4 is 12.2 Å². The number of ether oxygens (including phenoxy) is 1. The minimum atomic E-state index is 0.675. The summed E-state index contributed by atoms with van der Waals surface area (Å²) < 4.78 is 5.55. The Labute approximate surface area is 102 Å². The molecule has 0 saturated carbocycles. The number of rotatable bonds is 4. The van der Waals surface area contributed by atoms with E-state index in [1.807, 2.05) is 61.5 Å². The van der Waals surface area contributed by atoms with E-state index in [2.05, 4.69) is 4.98 Å². The van der Waals surface area contributed by atoms with Gasteiger partial charge in [0, 0.05) is 11.8 Å². The number of hydrogen-bond donors (Lipinski definition) is 0. The summed E-state index contributed by atoms with van der Waals surface area (Å²) in [5, 5.41) is 0. The summed E-state index contributed by atoms with van der Waals surface area (Å²) in [6.45, 7) is 2.66. The van der Waals surface area contributed by atoms with Gasteiger partial charge in [0.2, 0.25) is 0 Å². The molecule has 0 aliphatic rings. The molecule has 1 aromatic heterocycles. The van der Waals surface area contributed by atoms with Crippen LogP contribution in [0.15, 0.2) is 48.7 Å². The summed E-state index contributed by atoms with van der Waals surface area (Å²) >= 11 is 0. The van der Waals surface area contributed by atoms with Crippen molar-refractivity contribution in [2.24, 2.45) is 0 Å². The molecule has 0 aliphatic carbocycles. The van der Waals surface area contributed by atoms with Crippen LogP contribution in [0.5, 0.6) is 5.75 Å². The number of aromatic nitrogens is 1. The van der Waals surface area contributed by atoms with E-state index in [1.54, 1.807) is 6.20 Å². The summed E-state index contributed by atoms with van der Waals surface area (Å²) in [6.07, 6.45) is 5.79. The Morgan fingerprint density at radius 1 is 1.06 bits per heavy atom. The van der Waals surface area contributed by atoms with Gasteiger partial charge in [-0.3, -0.25) is 4.98 Å². The second kappa shape index (κ2) is 5.85. The van der Waals surface area contributed by atoms with Crippen molar-refractivity contribution in [3.8, 4) is 5.75 Å². The fourth-order valence-electron chi connectivity index (χ4n) is 1.55. The standard InChI is InChI=1S/C15H15NO/c1-2-17-15-9-4-3-7-13(15)10-11-14-8-5-6-12-16-14/h3-12H,2H2,1H3/b11-10+. The van der Waals surface area contributed by atoms with Crippen molar-refractivity contribution in [3.05, 3.63) is 59.9 Å². The molecule has 86 valence electrons. The second-order valence-electron chi connectivity index (χ2n) is 3.56. The van der Waals surface area contributed by atoms with E-state index in [-0.39, 0.29) is 0 Å². The number of pyridine rings is 1. The third-order valence-electron chi connectivity index (χ3n) is 2.34. The van der Waals surface area contributed by atoms with E-state index in [0.717, 1.165) is 17.0 Å². The highest BCUT2D eigenvalue weighted by Crippen LogP contribution is 2.20. The van der Waals surface area contributed by atoms with E-state index in [9.17, 15) is 0 Å². The molecule has 2 aromatic rings. The van der Waals surface area contributed by atoms with Gasteiger partial charge in [-0.1, -0.05) is 24.3 Å². The summed E-state index contributed by atoms with van der Waals surface area (Å²) in [5.74, 6) is 0.905. The molecule has 0 radical (unpaired) electrons. The number of nitrogens with zero attached hydrogens (tertiary/aromatic N) is 1. The normalized spacial score (nSPS) is 10.6. The summed E-state index contributed by atoms with van der Waals surface area (Å²) in [4.78, 5) is 4.24. The van der Waals surface area contributed by atoms with Gasteiger partial charge in [0.25, 0.3) is 0 Å². The minimum absolute atomic E-state index is 0.675. The maximum absolute atomic E-state index is 5.55. The number of para-hydroxylation sites is 1. The maximum atomic E-state index is 5.55. The Balaban J connectivity index is 2.21. The fourth-order valence-corrected chi connectivity index (χ4v) is 1.55. The van der Waals surface area contributed by atoms with Crippen molar-refractivity contribution < 1.29 is 4.74 Å². The first-order valence-electron chi connectivity index (χ1n) is 5.71. The third kappa shape index (κ3) is 3.18. The highest BCUT2D eigenvalue weighted by molar-refractivity contribution is 5.71. The largest absolute Gasteiger partial charge is 0.493 e. The van der Waals surface area contributed by atoms with Gasteiger partial charge in [0.05, 0.1) is 12.3 Å². The van der Waals surface area contributed by atoms with Gasteiger partial charge in [0.1, 0.15) is 5.75 Å². The molecule has 0 unspecified atom stereocenters. The van der Waals surface area contributed by atoms with Crippen LogP contribution >= 0.6 is 0 Å². The van der Waals surface area contributed by atoms with Gasteiger partial charge >= 0.3 is 0 Å². The zero-order valence-corrected chi connectivity index (χ0v) is 9.84. The molecule has 0 saturated heterocycles. The van der Waals surface area contributed by atoms with E-state index in [4.69, 9.17) is 4.74 Å². The van der Waals surface area contributed by atoms with Gasteiger partial charge in [-0.2, -0.15) is 0 Å². The average Bonchev–Trinajstić information content (AvgIpc) is 2.39. The molecule has 0 atom stereocenters. The molecule has 2 nitrogen and oxygen atoms in total. The Kier molecular flexibility index (Phi) is 3.92. The fraction of sp³-hybridized carbons (Fsp3) is 0.133. The van der Waals surface area contributed by atoms with Gasteiger partial charge < -0.3 is 4.74 Å². The Hall–Kier alpha value is -2.09. The lowest BCUT2D eigenvalue weighted by Gasteiger charge is -2.05. The highest BCUT2D eigenvalue weighted by atomic mass is 16.5. The first-order chi connectivity index (χ1) is 8.40. The molecule has 0 N–H and O–H groups in total. The van der Waals surface area contributed by atoms with Crippen LogP contribution in [0, 0.1) is 0 Å². The number of hydrogen-bond acceptors (Lipinski definition) is 2. The monoisotopic (exact) mass is 225 g/mol. The molecule has 17 heavy (non-hydrogen) atoms. The molecule has 2 rings (SSSR count). The Bertz CT molecular complexity index is 491. The van der Waals surface area contributed by atoms with Crippen molar-refractivity contribution in [1.82, 2.24) is 4.98 Å². The van der Waals surface area contributed by atoms with Crippen LogP contribution in [0.4, 0.5) is 0 Å². The molecular weight excluding hydrogens is 210 g/mol. The van der Waals surface area contributed by atoms with Gasteiger partial charge in [-0.15, -0.1) is 0 Å². The molecular formula is C15H15NO. The molecule has 0 amide bonds. The number of benzene rings is 1. The van der Waals surface area contributed by atoms with Crippen LogP contribution in [-0.4, -0.2) is 11.6 Å². The van der Waals surface area contributed by atoms with Gasteiger partial charge in [-0.25, -0.2) is 0 Å². The molecule has 0 bridgehead atoms. The predicted molar refractivity (Wildman–Crippen MR) is 70.8 cm³/mol. The van der Waals surface area contributed by atoms with Crippen LogP contribution in [0.2, 0.25) is 0 Å². The minimum Gasteiger partial charge on any atom is -0.493 e. The lowest BCUT2D eigenvalue weighted by molar-refractivity contribution is 0.339. The highest BCUT2D eigenvalue weighted by Gasteiger charge is 1.97. The smallest absolute Gasteiger partial charge is 0.126 e. The molecule has 0 spiro atoms. The lowest BCUT2D eigenvalue weighted by atomic mass is 10.1. The van der Waals surface area contributed by atoms with Gasteiger partial charge in [0.15, 0.2) is 0 Å². The van der Waals surface area contributed by atoms with Gasteiger partial charge in [-0.05, 0) is 37.3 Å². The van der Waals surface area contributed by atoms with E-state index < -0.39 is 0 Å². The van der Waals surface area contributed by atoms with Crippen molar-refractivity contribution in [1.29, 1.82) is 0 Å². The van der Waals surface area contributed by atoms with Crippen molar-refractivity contribution in [2.45, 2.75) is 6.92 Å². The van der Waals surface area contributed by atoms with E-state index >= 15 is 0 Å². The average molecular weight is 225 g/mol. The molecule has 1 heterocycles. The summed E-state index contributed by atoms with van der Waals surface area (Å²) in [6, 6.07) is 13.8. The Morgan fingerprint density at radius 2 is 1.88 bits per heavy atom. The SMILES string of the molecule is CCOc1ccccc1/C=C/c1ccccn1. The zero-order chi connectivity index (χ0) is 11.9. The lowest BCUT2D eigenvalue weighted by Crippen LogP contribution is -1.93. The Morgan fingerprint density at radius 3 is 2.65 bits per heavy atom. The third-order valence-corrected chi connectivity index (χ3v) is 2.34. The van der Waals surface area contributed by atoms with Crippen LogP contribution in [0.3, 0.4) is 0 Å². The first kappa shape index (κ1) is 11.4. The van der Waals surface area contributed by atoms with E-state index in [1.165, 1.54) is 0 Å². The topological polar surface area (TPSA) is 22.1 Å². The summed E-state index contributed by atoms with van der Waals surface area (Å²) in [5.41, 5.74) is 2.01. The molecule has 0 aliphatic heterocycles. The van der Waals surface area contributed by atoms with Crippen molar-refractivity contribution in [2.75, 3.05) is 6.61 Å². The van der Waals surface area contributed by atoms with E-state index in [0.29, 0.717) is 6.61 Å². The quantitative estimate of drug-likeness (QED) is 0.792. The molecule has 0 fully saturated rings. The predicted octanol–water partition coefficient (Wildman–Crippen LogP) is 3.65. The second-order valence-corrected chi connectivity index (χ2v) is 3.56. The maximum Gasteiger partial charge on any atom is 0.126 e. The van der Waals surface area contributed by atoms with Crippen LogP contribution in [-0.2, 0) is 0 Å². The zero-order valence-electron chi connectivity index (χ0n) is 9.84. The molecule has 1 aromatic carbocycles. The van der Waals surface area contributed by atoms with Crippen LogP contribution in [0.25, 0.3) is 12.2 Å². The first-order valence-corrected chi connectivity index (χ1v) is 5.71. The molecule has 2 heteroatoms. The summed E-state index contributed by atoms with van der Waals surface area (Å²) in [7, 11) is 0.